The number of rotatable bonds is 8. The number of para-hydroxylation sites is 1. The van der Waals surface area contributed by atoms with E-state index in [-0.39, 0.29) is 29.1 Å². The number of carbonyl (C=O) groups excluding carboxylic acids is 2. The van der Waals surface area contributed by atoms with Crippen molar-refractivity contribution in [1.29, 1.82) is 0 Å². The van der Waals surface area contributed by atoms with E-state index in [0.29, 0.717) is 28.6 Å². The van der Waals surface area contributed by atoms with Gasteiger partial charge in [-0.3, -0.25) is 10.1 Å². The molecule has 1 unspecified atom stereocenters. The number of ether oxygens (including phenoxy) is 1. The SMILES string of the molecule is COc1cccc2cc(C(=O)C(c3ccc(NC(=O)Nc4cc(C(C)(C)C)nn4-c4ccc(C)cc4)cc3)C3CCNCC3)oc12. The second-order valence-corrected chi connectivity index (χ2v) is 13.0. The first kappa shape index (κ1) is 31.1. The van der Waals surface area contributed by atoms with Gasteiger partial charge < -0.3 is 19.8 Å². The molecule has 2 amide bonds. The Morgan fingerprint density at radius 1 is 0.978 bits per heavy atom. The number of nitrogens with zero attached hydrogens (tertiary/aromatic N) is 2. The van der Waals surface area contributed by atoms with E-state index in [2.05, 4.69) is 36.7 Å². The number of anilines is 2. The van der Waals surface area contributed by atoms with Crippen molar-refractivity contribution in [3.05, 3.63) is 101 Å². The number of Topliss-reactive ketones (excluding diaryl/α,β-unsaturated/α-hetero) is 1. The largest absolute Gasteiger partial charge is 0.493 e. The monoisotopic (exact) mass is 619 g/mol. The zero-order valence-corrected chi connectivity index (χ0v) is 27.0. The Kier molecular flexibility index (Phi) is 8.69. The number of benzene rings is 3. The number of nitrogens with one attached hydrogen (secondary N) is 3. The summed E-state index contributed by atoms with van der Waals surface area (Å²) in [5, 5.41) is 15.0. The molecule has 0 bridgehead atoms. The number of hydrogen-bond acceptors (Lipinski definition) is 6. The summed E-state index contributed by atoms with van der Waals surface area (Å²) < 4.78 is 13.3. The predicted octanol–water partition coefficient (Wildman–Crippen LogP) is 7.84. The highest BCUT2D eigenvalue weighted by atomic mass is 16.5. The van der Waals surface area contributed by atoms with E-state index in [1.54, 1.807) is 17.9 Å². The van der Waals surface area contributed by atoms with Crippen molar-refractivity contribution in [3.63, 3.8) is 0 Å². The van der Waals surface area contributed by atoms with Gasteiger partial charge in [-0.25, -0.2) is 9.48 Å². The van der Waals surface area contributed by atoms with Gasteiger partial charge in [0.2, 0.25) is 5.78 Å². The Labute approximate surface area is 269 Å². The Morgan fingerprint density at radius 2 is 1.70 bits per heavy atom. The summed E-state index contributed by atoms with van der Waals surface area (Å²) in [4.78, 5) is 27.3. The average Bonchev–Trinajstić information content (AvgIpc) is 3.68. The van der Waals surface area contributed by atoms with Gasteiger partial charge in [-0.15, -0.1) is 0 Å². The lowest BCUT2D eigenvalue weighted by molar-refractivity contribution is 0.0890. The highest BCUT2D eigenvalue weighted by molar-refractivity contribution is 6.03. The molecule has 1 fully saturated rings. The molecule has 3 aromatic carbocycles. The summed E-state index contributed by atoms with van der Waals surface area (Å²) in [5.41, 5.74) is 4.74. The molecular weight excluding hydrogens is 578 g/mol. The van der Waals surface area contributed by atoms with Gasteiger partial charge >= 0.3 is 6.03 Å². The lowest BCUT2D eigenvalue weighted by Crippen LogP contribution is -2.33. The van der Waals surface area contributed by atoms with Crippen LogP contribution in [0.2, 0.25) is 0 Å². The number of urea groups is 1. The van der Waals surface area contributed by atoms with Gasteiger partial charge in [0.25, 0.3) is 0 Å². The molecule has 3 heterocycles. The fourth-order valence-electron chi connectivity index (χ4n) is 6.06. The summed E-state index contributed by atoms with van der Waals surface area (Å²) in [6.45, 7) is 10.0. The van der Waals surface area contributed by atoms with E-state index in [9.17, 15) is 9.59 Å². The molecule has 9 nitrogen and oxygen atoms in total. The van der Waals surface area contributed by atoms with Gasteiger partial charge in [0, 0.05) is 22.6 Å². The van der Waals surface area contributed by atoms with Crippen molar-refractivity contribution in [2.24, 2.45) is 5.92 Å². The number of furan rings is 1. The van der Waals surface area contributed by atoms with E-state index in [4.69, 9.17) is 14.3 Å². The van der Waals surface area contributed by atoms with Crippen LogP contribution in [-0.4, -0.2) is 41.8 Å². The molecule has 6 rings (SSSR count). The van der Waals surface area contributed by atoms with Crippen molar-refractivity contribution < 1.29 is 18.7 Å². The quantitative estimate of drug-likeness (QED) is 0.153. The summed E-state index contributed by atoms with van der Waals surface area (Å²) in [6.07, 6.45) is 1.77. The van der Waals surface area contributed by atoms with Gasteiger partial charge in [0.05, 0.1) is 24.4 Å². The zero-order chi connectivity index (χ0) is 32.4. The third-order valence-corrected chi connectivity index (χ3v) is 8.63. The van der Waals surface area contributed by atoms with Crippen LogP contribution in [-0.2, 0) is 5.41 Å². The summed E-state index contributed by atoms with van der Waals surface area (Å²) in [7, 11) is 1.59. The minimum absolute atomic E-state index is 0.0531. The van der Waals surface area contributed by atoms with Gasteiger partial charge in [-0.2, -0.15) is 5.10 Å². The standard InChI is InChI=1S/C37H41N5O4/c1-23-9-15-28(16-10-23)42-32(22-31(41-42)37(2,3)4)40-36(44)39-27-13-11-24(12-14-27)33(25-17-19-38-20-18-25)34(43)30-21-26-7-6-8-29(45-5)35(26)46-30/h6-16,21-22,25,33,38H,17-20H2,1-5H3,(H2,39,40,44). The molecule has 238 valence electrons. The van der Waals surface area contributed by atoms with E-state index < -0.39 is 0 Å². The number of piperidine rings is 1. The van der Waals surface area contributed by atoms with Gasteiger partial charge in [0.1, 0.15) is 5.82 Å². The molecular formula is C37H41N5O4. The maximum atomic E-state index is 14.1. The average molecular weight is 620 g/mol. The minimum Gasteiger partial charge on any atom is -0.493 e. The van der Waals surface area contributed by atoms with Crippen molar-refractivity contribution in [1.82, 2.24) is 15.1 Å². The molecule has 5 aromatic rings. The Morgan fingerprint density at radius 3 is 2.37 bits per heavy atom. The van der Waals surface area contributed by atoms with Crippen molar-refractivity contribution in [2.75, 3.05) is 30.8 Å². The van der Waals surface area contributed by atoms with E-state index >= 15 is 0 Å². The smallest absolute Gasteiger partial charge is 0.324 e. The molecule has 46 heavy (non-hydrogen) atoms. The molecule has 1 atom stereocenters. The molecule has 2 aromatic heterocycles. The zero-order valence-electron chi connectivity index (χ0n) is 27.0. The van der Waals surface area contributed by atoms with Crippen LogP contribution in [0.25, 0.3) is 16.7 Å². The normalized spacial score (nSPS) is 14.6. The predicted molar refractivity (Wildman–Crippen MR) is 182 cm³/mol. The third kappa shape index (κ3) is 6.55. The second-order valence-electron chi connectivity index (χ2n) is 13.0. The number of methoxy groups -OCH3 is 1. The first-order chi connectivity index (χ1) is 22.1. The summed E-state index contributed by atoms with van der Waals surface area (Å²) in [5.74, 6) is 1.22. The lowest BCUT2D eigenvalue weighted by Gasteiger charge is -2.29. The van der Waals surface area contributed by atoms with Crippen LogP contribution in [0.3, 0.4) is 0 Å². The molecule has 0 saturated carbocycles. The van der Waals surface area contributed by atoms with Crippen LogP contribution in [0.1, 0.15) is 66.9 Å². The molecule has 0 aliphatic carbocycles. The molecule has 9 heteroatoms. The number of fused-ring (bicyclic) bond motifs is 1. The van der Waals surface area contributed by atoms with Gasteiger partial charge in [-0.05, 0) is 80.7 Å². The highest BCUT2D eigenvalue weighted by Gasteiger charge is 2.33. The number of carbonyl (C=O) groups is 2. The van der Waals surface area contributed by atoms with Crippen LogP contribution in [0.4, 0.5) is 16.3 Å². The number of amides is 2. The Bertz CT molecular complexity index is 1840. The minimum atomic E-state index is -0.385. The number of ketones is 1. The molecule has 0 spiro atoms. The van der Waals surface area contributed by atoms with Crippen LogP contribution in [0, 0.1) is 12.8 Å². The summed E-state index contributed by atoms with van der Waals surface area (Å²) >= 11 is 0. The third-order valence-electron chi connectivity index (χ3n) is 8.63. The fourth-order valence-corrected chi connectivity index (χ4v) is 6.06. The highest BCUT2D eigenvalue weighted by Crippen LogP contribution is 2.37. The Hall–Kier alpha value is -4.89. The lowest BCUT2D eigenvalue weighted by atomic mass is 9.77. The van der Waals surface area contributed by atoms with Gasteiger partial charge in [-0.1, -0.05) is 62.7 Å². The van der Waals surface area contributed by atoms with Crippen LogP contribution >= 0.6 is 0 Å². The summed E-state index contributed by atoms with van der Waals surface area (Å²) in [6, 6.07) is 24.5. The van der Waals surface area contributed by atoms with Crippen LogP contribution in [0.15, 0.2) is 83.3 Å². The topological polar surface area (TPSA) is 110 Å². The van der Waals surface area contributed by atoms with Crippen molar-refractivity contribution in [2.45, 2.75) is 51.9 Å². The Balaban J connectivity index is 1.23. The first-order valence-corrected chi connectivity index (χ1v) is 15.8. The number of aryl methyl sites for hydroxylation is 1. The van der Waals surface area contributed by atoms with E-state index in [1.165, 1.54) is 0 Å². The number of hydrogen-bond donors (Lipinski definition) is 3. The van der Waals surface area contributed by atoms with Crippen molar-refractivity contribution in [3.8, 4) is 11.4 Å². The maximum absolute atomic E-state index is 14.1. The maximum Gasteiger partial charge on any atom is 0.324 e. The molecule has 1 saturated heterocycles. The molecule has 0 radical (unpaired) electrons. The molecule has 1 aliphatic rings. The van der Waals surface area contributed by atoms with E-state index in [1.807, 2.05) is 79.7 Å². The first-order valence-electron chi connectivity index (χ1n) is 15.8. The van der Waals surface area contributed by atoms with E-state index in [0.717, 1.165) is 53.8 Å². The molecule has 3 N–H and O–H groups in total. The van der Waals surface area contributed by atoms with Crippen LogP contribution < -0.4 is 20.7 Å². The van der Waals surface area contributed by atoms with Crippen LogP contribution in [0.5, 0.6) is 5.75 Å². The number of aromatic nitrogens is 2. The fraction of sp³-hybridized carbons (Fsp3) is 0.324. The van der Waals surface area contributed by atoms with Gasteiger partial charge in [0.15, 0.2) is 17.1 Å². The molecule has 1 aliphatic heterocycles. The second kappa shape index (κ2) is 12.8. The van der Waals surface area contributed by atoms with Crippen molar-refractivity contribution >= 4 is 34.3 Å².